The highest BCUT2D eigenvalue weighted by Gasteiger charge is 2.27. The van der Waals surface area contributed by atoms with E-state index in [9.17, 15) is 4.79 Å². The fraction of sp³-hybridized carbons (Fsp3) is 0.423. The summed E-state index contributed by atoms with van der Waals surface area (Å²) in [7, 11) is 1.63. The quantitative estimate of drug-likeness (QED) is 0.514. The van der Waals surface area contributed by atoms with Crippen LogP contribution in [0, 0.1) is 12.8 Å². The third kappa shape index (κ3) is 6.35. The molecule has 1 aliphatic heterocycles. The van der Waals surface area contributed by atoms with Gasteiger partial charge in [-0.15, -0.1) is 0 Å². The highest BCUT2D eigenvalue weighted by Crippen LogP contribution is 2.21. The van der Waals surface area contributed by atoms with Crippen LogP contribution in [0.2, 0.25) is 0 Å². The third-order valence-electron chi connectivity index (χ3n) is 5.96. The number of hydrogen-bond donors (Lipinski definition) is 1. The number of benzene rings is 2. The Kier molecular flexibility index (Phi) is 7.80. The van der Waals surface area contributed by atoms with Gasteiger partial charge in [0.05, 0.1) is 25.6 Å². The van der Waals surface area contributed by atoms with Crippen LogP contribution >= 0.6 is 0 Å². The highest BCUT2D eigenvalue weighted by atomic mass is 16.5. The van der Waals surface area contributed by atoms with Gasteiger partial charge in [0.15, 0.2) is 0 Å². The average molecular weight is 465 g/mol. The number of methoxy groups -OCH3 is 1. The Morgan fingerprint density at radius 1 is 1.18 bits per heavy atom. The molecule has 2 aromatic carbocycles. The van der Waals surface area contributed by atoms with Gasteiger partial charge >= 0.3 is 0 Å². The lowest BCUT2D eigenvalue weighted by Crippen LogP contribution is -2.46. The summed E-state index contributed by atoms with van der Waals surface area (Å²) in [4.78, 5) is 19.6. The second-order valence-corrected chi connectivity index (χ2v) is 8.85. The van der Waals surface area contributed by atoms with E-state index < -0.39 is 0 Å². The Morgan fingerprint density at radius 2 is 1.91 bits per heavy atom. The summed E-state index contributed by atoms with van der Waals surface area (Å²) in [6, 6.07) is 15.4. The monoisotopic (exact) mass is 464 g/mol. The van der Waals surface area contributed by atoms with E-state index in [0.29, 0.717) is 31.4 Å². The maximum absolute atomic E-state index is 12.9. The van der Waals surface area contributed by atoms with Crippen LogP contribution in [-0.2, 0) is 11.3 Å². The van der Waals surface area contributed by atoms with Gasteiger partial charge in [-0.05, 0) is 57.5 Å². The zero-order chi connectivity index (χ0) is 23.9. The molecule has 2 atom stereocenters. The van der Waals surface area contributed by atoms with Crippen molar-refractivity contribution < 1.29 is 18.8 Å². The Bertz CT molecular complexity index is 1070. The van der Waals surface area contributed by atoms with E-state index in [4.69, 9.17) is 14.0 Å². The number of carbonyl (C=O) groups is 1. The summed E-state index contributed by atoms with van der Waals surface area (Å²) in [5.74, 6) is 2.67. The van der Waals surface area contributed by atoms with Crippen molar-refractivity contribution in [1.29, 1.82) is 0 Å². The van der Waals surface area contributed by atoms with E-state index >= 15 is 0 Å². The van der Waals surface area contributed by atoms with E-state index in [1.54, 1.807) is 7.11 Å². The maximum atomic E-state index is 12.9. The van der Waals surface area contributed by atoms with Gasteiger partial charge in [0.2, 0.25) is 17.6 Å². The van der Waals surface area contributed by atoms with Gasteiger partial charge in [0.1, 0.15) is 18.1 Å². The molecule has 0 bridgehead atoms. The molecule has 4 rings (SSSR count). The van der Waals surface area contributed by atoms with Crippen molar-refractivity contribution >= 4 is 5.91 Å². The maximum Gasteiger partial charge on any atom is 0.241 e. The Balaban J connectivity index is 1.25. The van der Waals surface area contributed by atoms with Crippen LogP contribution in [0.4, 0.5) is 0 Å². The number of amides is 1. The standard InChI is InChI=1S/C26H32N4O4/c1-18-6-8-20(9-7-18)25-28-24(34-29-25)16-30-14-4-5-21(15-30)26(31)27-19(2)17-33-23-12-10-22(32-3)11-13-23/h6-13,19,21H,4-5,14-17H2,1-3H3,(H,27,31). The number of aromatic nitrogens is 2. The van der Waals surface area contributed by atoms with Gasteiger partial charge in [-0.25, -0.2) is 0 Å². The molecule has 8 nitrogen and oxygen atoms in total. The van der Waals surface area contributed by atoms with Gasteiger partial charge in [-0.3, -0.25) is 9.69 Å². The second kappa shape index (κ2) is 11.2. The molecule has 0 saturated carbocycles. The van der Waals surface area contributed by atoms with Crippen LogP contribution in [0.3, 0.4) is 0 Å². The van der Waals surface area contributed by atoms with Crippen LogP contribution in [0.15, 0.2) is 53.1 Å². The molecule has 34 heavy (non-hydrogen) atoms. The molecular formula is C26H32N4O4. The average Bonchev–Trinajstić information content (AvgIpc) is 3.32. The number of rotatable bonds is 9. The van der Waals surface area contributed by atoms with Crippen molar-refractivity contribution in [3.63, 3.8) is 0 Å². The number of piperidine rings is 1. The van der Waals surface area contributed by atoms with E-state index in [-0.39, 0.29) is 17.9 Å². The highest BCUT2D eigenvalue weighted by molar-refractivity contribution is 5.79. The van der Waals surface area contributed by atoms with Crippen LogP contribution < -0.4 is 14.8 Å². The van der Waals surface area contributed by atoms with E-state index in [1.807, 2.05) is 62.4 Å². The summed E-state index contributed by atoms with van der Waals surface area (Å²) in [5, 5.41) is 7.21. The lowest BCUT2D eigenvalue weighted by molar-refractivity contribution is -0.127. The Hall–Kier alpha value is -3.39. The van der Waals surface area contributed by atoms with E-state index in [1.165, 1.54) is 5.56 Å². The van der Waals surface area contributed by atoms with Gasteiger partial charge < -0.3 is 19.3 Å². The normalized spacial score (nSPS) is 17.2. The molecule has 8 heteroatoms. The summed E-state index contributed by atoms with van der Waals surface area (Å²) in [6.07, 6.45) is 1.82. The molecule has 1 aliphatic rings. The van der Waals surface area contributed by atoms with Crippen molar-refractivity contribution in [2.45, 2.75) is 39.3 Å². The number of carbonyl (C=O) groups excluding carboxylic acids is 1. The topological polar surface area (TPSA) is 89.7 Å². The molecule has 0 aliphatic carbocycles. The largest absolute Gasteiger partial charge is 0.497 e. The smallest absolute Gasteiger partial charge is 0.241 e. The summed E-state index contributed by atoms with van der Waals surface area (Å²) >= 11 is 0. The number of likely N-dealkylation sites (tertiary alicyclic amines) is 1. The van der Waals surface area contributed by atoms with Crippen LogP contribution in [-0.4, -0.2) is 53.8 Å². The molecule has 1 N–H and O–H groups in total. The molecule has 180 valence electrons. The summed E-state index contributed by atoms with van der Waals surface area (Å²) < 4.78 is 16.4. The molecule has 2 unspecified atom stereocenters. The van der Waals surface area contributed by atoms with Gasteiger partial charge in [-0.2, -0.15) is 4.98 Å². The molecule has 2 heterocycles. The SMILES string of the molecule is COc1ccc(OCC(C)NC(=O)C2CCCN(Cc3nc(-c4ccc(C)cc4)no3)C2)cc1. The number of aryl methyl sites for hydroxylation is 1. The number of nitrogens with zero attached hydrogens (tertiary/aromatic N) is 3. The minimum atomic E-state index is -0.0991. The Labute approximate surface area is 200 Å². The molecule has 0 spiro atoms. The fourth-order valence-corrected chi connectivity index (χ4v) is 4.04. The van der Waals surface area contributed by atoms with Gasteiger partial charge in [0, 0.05) is 12.1 Å². The fourth-order valence-electron chi connectivity index (χ4n) is 4.04. The first-order valence-corrected chi connectivity index (χ1v) is 11.7. The lowest BCUT2D eigenvalue weighted by atomic mass is 9.97. The first kappa shape index (κ1) is 23.8. The number of nitrogens with one attached hydrogen (secondary N) is 1. The van der Waals surface area contributed by atoms with Crippen LogP contribution in [0.1, 0.15) is 31.2 Å². The van der Waals surface area contributed by atoms with Crippen molar-refractivity contribution in [2.75, 3.05) is 26.8 Å². The Morgan fingerprint density at radius 3 is 2.65 bits per heavy atom. The summed E-state index contributed by atoms with van der Waals surface area (Å²) in [5.41, 5.74) is 2.12. The number of hydrogen-bond acceptors (Lipinski definition) is 7. The van der Waals surface area contributed by atoms with E-state index in [2.05, 4.69) is 20.4 Å². The molecule has 1 fully saturated rings. The van der Waals surface area contributed by atoms with Crippen molar-refractivity contribution in [3.05, 3.63) is 60.0 Å². The second-order valence-electron chi connectivity index (χ2n) is 8.85. The van der Waals surface area contributed by atoms with E-state index in [0.717, 1.165) is 36.4 Å². The minimum Gasteiger partial charge on any atom is -0.497 e. The molecular weight excluding hydrogens is 432 g/mol. The van der Waals surface area contributed by atoms with Crippen molar-refractivity contribution in [3.8, 4) is 22.9 Å². The zero-order valence-corrected chi connectivity index (χ0v) is 20.0. The molecule has 0 radical (unpaired) electrons. The molecule has 1 saturated heterocycles. The van der Waals surface area contributed by atoms with Crippen LogP contribution in [0.5, 0.6) is 11.5 Å². The lowest BCUT2D eigenvalue weighted by Gasteiger charge is -2.31. The zero-order valence-electron chi connectivity index (χ0n) is 20.0. The summed E-state index contributed by atoms with van der Waals surface area (Å²) in [6.45, 7) is 6.51. The van der Waals surface area contributed by atoms with Crippen LogP contribution in [0.25, 0.3) is 11.4 Å². The van der Waals surface area contributed by atoms with Gasteiger partial charge in [-0.1, -0.05) is 35.0 Å². The molecule has 1 amide bonds. The molecule has 3 aromatic rings. The molecule has 1 aromatic heterocycles. The first-order chi connectivity index (χ1) is 16.5. The van der Waals surface area contributed by atoms with Gasteiger partial charge in [0.25, 0.3) is 0 Å². The van der Waals surface area contributed by atoms with Crippen molar-refractivity contribution in [2.24, 2.45) is 5.92 Å². The predicted molar refractivity (Wildman–Crippen MR) is 129 cm³/mol. The first-order valence-electron chi connectivity index (χ1n) is 11.7. The van der Waals surface area contributed by atoms with Crippen molar-refractivity contribution in [1.82, 2.24) is 20.4 Å². The predicted octanol–water partition coefficient (Wildman–Crippen LogP) is 3.85. The minimum absolute atomic E-state index is 0.0569. The third-order valence-corrected chi connectivity index (χ3v) is 5.96. The number of ether oxygens (including phenoxy) is 2.